The average Bonchev–Trinajstić information content (AvgIpc) is 2.88. The third kappa shape index (κ3) is 29.2. The number of allylic oxidation sites excluding steroid dienone is 3. The zero-order valence-electron chi connectivity index (χ0n) is 18.9. The third-order valence-electron chi connectivity index (χ3n) is 2.04. The minimum absolute atomic E-state index is 0. The Balaban J connectivity index is -0.0000000400. The minimum atomic E-state index is -6.09. The Morgan fingerprint density at radius 1 is 0.658 bits per heavy atom. The standard InChI is InChI=1S/C7H10N.3CHF3O3S.5H3N.Os/c1-3-7-4-5-8(2)6-7;3*2-1(3,4)8(5,6)7;;;;;;/h3-6H,1-2H3;3*(H,5,6,7);5*1H3;/q+1;;;;;;;;;+2/p-3/b7-3-;;;;;;;;;. The van der Waals surface area contributed by atoms with Gasteiger partial charge in [-0.1, -0.05) is 6.08 Å². The molecular formula is C10H25F9N6O9OsS3. The maximum atomic E-state index is 10.7. The van der Waals surface area contributed by atoms with Crippen molar-refractivity contribution >= 4 is 36.6 Å². The van der Waals surface area contributed by atoms with Crippen LogP contribution in [0.5, 0.6) is 0 Å². The van der Waals surface area contributed by atoms with Gasteiger partial charge < -0.3 is 44.4 Å². The van der Waals surface area contributed by atoms with E-state index in [0.717, 1.165) is 0 Å². The van der Waals surface area contributed by atoms with Crippen LogP contribution < -0.4 is 30.8 Å². The van der Waals surface area contributed by atoms with E-state index in [4.69, 9.17) is 38.9 Å². The van der Waals surface area contributed by atoms with E-state index >= 15 is 0 Å². The molecule has 238 valence electrons. The molecule has 1 heterocycles. The van der Waals surface area contributed by atoms with Gasteiger partial charge in [0.05, 0.1) is 0 Å². The molecule has 0 aromatic rings. The summed E-state index contributed by atoms with van der Waals surface area (Å²) in [6.45, 7) is 2.04. The summed E-state index contributed by atoms with van der Waals surface area (Å²) in [6, 6.07) is 0. The summed E-state index contributed by atoms with van der Waals surface area (Å²) in [7, 11) is -16.2. The molecule has 28 heteroatoms. The summed E-state index contributed by atoms with van der Waals surface area (Å²) < 4.78 is 179. The van der Waals surface area contributed by atoms with E-state index < -0.39 is 46.9 Å². The fourth-order valence-electron chi connectivity index (χ4n) is 0.696. The Kier molecular flexibility index (Phi) is 34.5. The number of nitrogens with zero attached hydrogens (tertiary/aromatic N) is 1. The number of alkyl halides is 9. The number of rotatable bonds is 0. The number of hydrogen-bond acceptors (Lipinski definition) is 14. The summed E-state index contributed by atoms with van der Waals surface area (Å²) in [4.78, 5) is 0. The van der Waals surface area contributed by atoms with Crippen LogP contribution in [0.2, 0.25) is 0 Å². The molecule has 0 radical (unpaired) electrons. The van der Waals surface area contributed by atoms with E-state index in [0.29, 0.717) is 0 Å². The normalized spacial score (nSPS) is 13.5. The molecular weight excluding hydrogens is 806 g/mol. The molecule has 0 saturated carbocycles. The van der Waals surface area contributed by atoms with Gasteiger partial charge in [-0.2, -0.15) is 39.5 Å². The van der Waals surface area contributed by atoms with Crippen molar-refractivity contribution < 1.29 is 103 Å². The quantitative estimate of drug-likeness (QED) is 0.101. The molecule has 0 fully saturated rings. The molecule has 0 spiro atoms. The van der Waals surface area contributed by atoms with Gasteiger partial charge in [0.15, 0.2) is 42.8 Å². The van der Waals surface area contributed by atoms with Crippen molar-refractivity contribution in [2.75, 3.05) is 7.05 Å². The van der Waals surface area contributed by atoms with Gasteiger partial charge in [-0.15, -0.1) is 0 Å². The van der Waals surface area contributed by atoms with Gasteiger partial charge in [-0.05, 0) is 6.92 Å². The molecule has 15 N–H and O–H groups in total. The van der Waals surface area contributed by atoms with Gasteiger partial charge in [0.2, 0.25) is 0 Å². The Hall–Kier alpha value is -1.31. The SMILES string of the molecule is C/C=C1/C=C[N+](C)=C1.N.N.N.N.N.O=S(=O)([O-])C(F)(F)F.O=S(=O)([O-])C(F)(F)F.O=S(=O)([O-])C(F)(F)F.[Os+2]. The minimum Gasteiger partial charge on any atom is -0.741 e. The molecule has 0 saturated heterocycles. The first-order chi connectivity index (χ1) is 13.6. The Labute approximate surface area is 224 Å². The summed E-state index contributed by atoms with van der Waals surface area (Å²) in [5.74, 6) is 0. The van der Waals surface area contributed by atoms with Crippen LogP contribution >= 0.6 is 0 Å². The zero-order chi connectivity index (χ0) is 27.0. The van der Waals surface area contributed by atoms with Crippen LogP contribution in [0.3, 0.4) is 0 Å². The van der Waals surface area contributed by atoms with Gasteiger partial charge >= 0.3 is 36.3 Å². The first-order valence-electron chi connectivity index (χ1n) is 6.55. The maximum Gasteiger partial charge on any atom is 2.00 e. The van der Waals surface area contributed by atoms with Crippen molar-refractivity contribution in [3.8, 4) is 0 Å². The monoisotopic (exact) mass is 832 g/mol. The number of hydrogen-bond donors (Lipinski definition) is 5. The van der Waals surface area contributed by atoms with E-state index in [1.54, 1.807) is 0 Å². The molecule has 0 bridgehead atoms. The average molecular weight is 831 g/mol. The number of halogens is 9. The Morgan fingerprint density at radius 3 is 0.895 bits per heavy atom. The maximum absolute atomic E-state index is 10.7. The molecule has 0 aromatic heterocycles. The van der Waals surface area contributed by atoms with Crippen LogP contribution in [0.1, 0.15) is 6.92 Å². The van der Waals surface area contributed by atoms with Crippen LogP contribution in [0.4, 0.5) is 39.5 Å². The molecule has 15 nitrogen and oxygen atoms in total. The molecule has 1 aliphatic heterocycles. The summed E-state index contributed by atoms with van der Waals surface area (Å²) in [5, 5.41) is 0. The van der Waals surface area contributed by atoms with Gasteiger partial charge in [0.25, 0.3) is 0 Å². The molecule has 1 aliphatic rings. The second-order valence-corrected chi connectivity index (χ2v) is 8.71. The second-order valence-electron chi connectivity index (χ2n) is 4.60. The van der Waals surface area contributed by atoms with Crippen molar-refractivity contribution in [1.29, 1.82) is 0 Å². The van der Waals surface area contributed by atoms with Crippen LogP contribution in [-0.2, 0) is 50.1 Å². The largest absolute Gasteiger partial charge is 2.00 e. The smallest absolute Gasteiger partial charge is 0.741 e. The first-order valence-corrected chi connectivity index (χ1v) is 10.8. The van der Waals surface area contributed by atoms with Crippen LogP contribution in [-0.4, -0.2) is 73.3 Å². The zero-order valence-corrected chi connectivity index (χ0v) is 23.9. The summed E-state index contributed by atoms with van der Waals surface area (Å²) >= 11 is 0. The van der Waals surface area contributed by atoms with Crippen molar-refractivity contribution in [2.45, 2.75) is 23.4 Å². The van der Waals surface area contributed by atoms with Gasteiger partial charge in [-0.3, -0.25) is 0 Å². The molecule has 0 atom stereocenters. The first kappa shape index (κ1) is 61.0. The van der Waals surface area contributed by atoms with Gasteiger partial charge in [0.1, 0.15) is 7.05 Å². The summed E-state index contributed by atoms with van der Waals surface area (Å²) in [6.07, 6.45) is 8.29. The predicted molar refractivity (Wildman–Crippen MR) is 108 cm³/mol. The van der Waals surface area contributed by atoms with Crippen molar-refractivity contribution in [3.05, 3.63) is 23.9 Å². The van der Waals surface area contributed by atoms with Crippen molar-refractivity contribution in [1.82, 2.24) is 30.8 Å². The van der Waals surface area contributed by atoms with Crippen molar-refractivity contribution in [2.24, 2.45) is 0 Å². The summed E-state index contributed by atoms with van der Waals surface area (Å²) in [5.41, 5.74) is -15.7. The van der Waals surface area contributed by atoms with E-state index in [1.165, 1.54) is 5.57 Å². The fraction of sp³-hybridized carbons (Fsp3) is 0.500. The fourth-order valence-corrected chi connectivity index (χ4v) is 0.696. The van der Waals surface area contributed by atoms with Crippen LogP contribution in [0.15, 0.2) is 23.9 Å². The van der Waals surface area contributed by atoms with Gasteiger partial charge in [0, 0.05) is 11.6 Å². The predicted octanol–water partition coefficient (Wildman–Crippen LogP) is 2.13. The van der Waals surface area contributed by atoms with Crippen molar-refractivity contribution in [3.63, 3.8) is 0 Å². The van der Waals surface area contributed by atoms with E-state index in [1.807, 2.05) is 24.7 Å². The molecule has 0 aliphatic carbocycles. The molecule has 1 rings (SSSR count). The van der Waals surface area contributed by atoms with Gasteiger partial charge in [-0.25, -0.2) is 29.8 Å². The molecule has 0 aromatic carbocycles. The topological polar surface area (TPSA) is 350 Å². The molecule has 38 heavy (non-hydrogen) atoms. The second kappa shape index (κ2) is 21.5. The van der Waals surface area contributed by atoms with Crippen LogP contribution in [0, 0.1) is 0 Å². The molecule has 0 unspecified atom stereocenters. The van der Waals surface area contributed by atoms with Crippen LogP contribution in [0.25, 0.3) is 0 Å². The molecule has 0 amide bonds. The Bertz CT molecular complexity index is 940. The van der Waals surface area contributed by atoms with E-state index in [2.05, 4.69) is 18.4 Å². The van der Waals surface area contributed by atoms with E-state index in [-0.39, 0.29) is 50.5 Å². The Morgan fingerprint density at radius 2 is 0.842 bits per heavy atom. The third-order valence-corrected chi connectivity index (χ3v) is 3.74. The van der Waals surface area contributed by atoms with E-state index in [9.17, 15) is 39.5 Å².